The lowest BCUT2D eigenvalue weighted by Gasteiger charge is -2.15. The molecule has 0 saturated carbocycles. The van der Waals surface area contributed by atoms with Gasteiger partial charge in [-0.1, -0.05) is 42.5 Å². The van der Waals surface area contributed by atoms with E-state index in [1.165, 1.54) is 5.56 Å². The normalized spacial score (nSPS) is 11.2. The van der Waals surface area contributed by atoms with Crippen LogP contribution in [0.1, 0.15) is 22.5 Å². The highest BCUT2D eigenvalue weighted by atomic mass is 16.5. The molecule has 0 atom stereocenters. The van der Waals surface area contributed by atoms with Gasteiger partial charge >= 0.3 is 0 Å². The van der Waals surface area contributed by atoms with Gasteiger partial charge in [-0.25, -0.2) is 4.98 Å². The number of nitrogens with zero attached hydrogens (tertiary/aromatic N) is 2. The lowest BCUT2D eigenvalue weighted by Crippen LogP contribution is -2.04. The van der Waals surface area contributed by atoms with Crippen LogP contribution in [0.15, 0.2) is 60.7 Å². The van der Waals surface area contributed by atoms with Crippen LogP contribution in [-0.4, -0.2) is 30.9 Å². The summed E-state index contributed by atoms with van der Waals surface area (Å²) in [6.07, 6.45) is 4.14. The van der Waals surface area contributed by atoms with Crippen LogP contribution in [0.5, 0.6) is 17.2 Å². The van der Waals surface area contributed by atoms with E-state index in [1.54, 1.807) is 21.3 Å². The molecule has 0 radical (unpaired) electrons. The highest BCUT2D eigenvalue weighted by molar-refractivity contribution is 5.80. The maximum absolute atomic E-state index is 5.53. The summed E-state index contributed by atoms with van der Waals surface area (Å²) in [6, 6.07) is 20.5. The highest BCUT2D eigenvalue weighted by Crippen LogP contribution is 2.38. The first-order valence-electron chi connectivity index (χ1n) is 10.1. The van der Waals surface area contributed by atoms with Crippen LogP contribution >= 0.6 is 0 Å². The third kappa shape index (κ3) is 4.26. The van der Waals surface area contributed by atoms with Crippen molar-refractivity contribution < 1.29 is 14.2 Å². The summed E-state index contributed by atoms with van der Waals surface area (Å²) in [7, 11) is 4.87. The molecular weight excluding hydrogens is 388 g/mol. The molecule has 0 unspecified atom stereocenters. The van der Waals surface area contributed by atoms with Crippen molar-refractivity contribution in [3.05, 3.63) is 83.2 Å². The highest BCUT2D eigenvalue weighted by Gasteiger charge is 2.15. The van der Waals surface area contributed by atoms with Crippen molar-refractivity contribution in [1.29, 1.82) is 0 Å². The Balaban J connectivity index is 1.80. The van der Waals surface area contributed by atoms with Gasteiger partial charge in [0, 0.05) is 6.54 Å². The molecule has 0 aliphatic carbocycles. The largest absolute Gasteiger partial charge is 0.493 e. The predicted octanol–water partition coefficient (Wildman–Crippen LogP) is 5.59. The fourth-order valence-corrected chi connectivity index (χ4v) is 3.70. The Hall–Kier alpha value is -3.73. The summed E-state index contributed by atoms with van der Waals surface area (Å²) in [4.78, 5) is 4.89. The molecule has 0 fully saturated rings. The molecule has 31 heavy (non-hydrogen) atoms. The fraction of sp³-hybridized carbons (Fsp3) is 0.192. The zero-order valence-corrected chi connectivity index (χ0v) is 18.3. The molecule has 0 amide bonds. The van der Waals surface area contributed by atoms with Crippen LogP contribution in [0.3, 0.4) is 0 Å². The van der Waals surface area contributed by atoms with E-state index in [1.807, 2.05) is 30.3 Å². The van der Waals surface area contributed by atoms with Crippen molar-refractivity contribution in [2.45, 2.75) is 13.5 Å². The predicted molar refractivity (Wildman–Crippen MR) is 125 cm³/mol. The van der Waals surface area contributed by atoms with E-state index in [-0.39, 0.29) is 0 Å². The van der Waals surface area contributed by atoms with Crippen LogP contribution in [0.4, 0.5) is 0 Å². The maximum atomic E-state index is 5.53. The molecule has 4 aromatic rings. The van der Waals surface area contributed by atoms with Crippen LogP contribution < -0.4 is 14.2 Å². The Morgan fingerprint density at radius 3 is 2.19 bits per heavy atom. The summed E-state index contributed by atoms with van der Waals surface area (Å²) >= 11 is 0. The average molecular weight is 415 g/mol. The number of aromatic nitrogens is 2. The first-order valence-corrected chi connectivity index (χ1v) is 10.1. The van der Waals surface area contributed by atoms with Gasteiger partial charge in [0.1, 0.15) is 5.82 Å². The second-order valence-electron chi connectivity index (χ2n) is 7.33. The Morgan fingerprint density at radius 2 is 1.55 bits per heavy atom. The van der Waals surface area contributed by atoms with Gasteiger partial charge in [0.05, 0.1) is 32.4 Å². The molecule has 158 valence electrons. The smallest absolute Gasteiger partial charge is 0.203 e. The molecule has 5 heteroatoms. The number of benzene rings is 3. The van der Waals surface area contributed by atoms with Crippen LogP contribution in [-0.2, 0) is 6.54 Å². The second kappa shape index (κ2) is 8.96. The van der Waals surface area contributed by atoms with E-state index in [0.29, 0.717) is 23.8 Å². The monoisotopic (exact) mass is 414 g/mol. The summed E-state index contributed by atoms with van der Waals surface area (Å²) in [5, 5.41) is 0. The zero-order valence-electron chi connectivity index (χ0n) is 18.3. The minimum absolute atomic E-state index is 0.587. The van der Waals surface area contributed by atoms with Crippen molar-refractivity contribution in [3.8, 4) is 17.2 Å². The molecular formula is C26H26N2O3. The Kier molecular flexibility index (Phi) is 5.94. The standard InChI is InChI=1S/C26H26N2O3/c1-18-10-12-22-21(14-18)27-25(13-11-19-8-6-5-7-9-19)28(22)17-20-15-23(29-2)26(31-4)24(16-20)30-3/h5-16H,17H2,1-4H3/b13-11+. The van der Waals surface area contributed by atoms with Gasteiger partial charge in [-0.3, -0.25) is 0 Å². The first-order chi connectivity index (χ1) is 15.1. The van der Waals surface area contributed by atoms with Crippen molar-refractivity contribution >= 4 is 23.2 Å². The summed E-state index contributed by atoms with van der Waals surface area (Å²) in [5.74, 6) is 2.75. The zero-order chi connectivity index (χ0) is 21.8. The SMILES string of the molecule is COc1cc(Cn2c(/C=C/c3ccccc3)nc3cc(C)ccc32)cc(OC)c1OC. The molecule has 0 saturated heterocycles. The molecule has 0 aliphatic heterocycles. The molecule has 0 N–H and O–H groups in total. The van der Waals surface area contributed by atoms with Gasteiger partial charge < -0.3 is 18.8 Å². The lowest BCUT2D eigenvalue weighted by atomic mass is 10.1. The lowest BCUT2D eigenvalue weighted by molar-refractivity contribution is 0.323. The van der Waals surface area contributed by atoms with Crippen molar-refractivity contribution in [1.82, 2.24) is 9.55 Å². The van der Waals surface area contributed by atoms with E-state index < -0.39 is 0 Å². The van der Waals surface area contributed by atoms with E-state index in [0.717, 1.165) is 28.0 Å². The number of aryl methyl sites for hydroxylation is 1. The molecule has 1 aromatic heterocycles. The number of ether oxygens (including phenoxy) is 3. The molecule has 1 heterocycles. The molecule has 3 aromatic carbocycles. The topological polar surface area (TPSA) is 45.5 Å². The Labute approximate surface area is 182 Å². The number of methoxy groups -OCH3 is 3. The van der Waals surface area contributed by atoms with Crippen LogP contribution in [0, 0.1) is 6.92 Å². The minimum atomic E-state index is 0.587. The average Bonchev–Trinajstić information content (AvgIpc) is 3.13. The minimum Gasteiger partial charge on any atom is -0.493 e. The number of fused-ring (bicyclic) bond motifs is 1. The molecule has 0 spiro atoms. The number of hydrogen-bond donors (Lipinski definition) is 0. The maximum Gasteiger partial charge on any atom is 0.203 e. The van der Waals surface area contributed by atoms with Gasteiger partial charge in [0.25, 0.3) is 0 Å². The van der Waals surface area contributed by atoms with E-state index in [4.69, 9.17) is 19.2 Å². The molecule has 5 nitrogen and oxygen atoms in total. The third-order valence-electron chi connectivity index (χ3n) is 5.22. The summed E-state index contributed by atoms with van der Waals surface area (Å²) in [6.45, 7) is 2.70. The molecule has 0 bridgehead atoms. The summed E-state index contributed by atoms with van der Waals surface area (Å²) in [5.41, 5.74) is 5.39. The third-order valence-corrected chi connectivity index (χ3v) is 5.22. The number of rotatable bonds is 7. The van der Waals surface area contributed by atoms with Crippen molar-refractivity contribution in [2.24, 2.45) is 0 Å². The van der Waals surface area contributed by atoms with Crippen LogP contribution in [0.25, 0.3) is 23.2 Å². The Morgan fingerprint density at radius 1 is 0.839 bits per heavy atom. The van der Waals surface area contributed by atoms with E-state index in [2.05, 4.69) is 54.0 Å². The van der Waals surface area contributed by atoms with Gasteiger partial charge in [0.2, 0.25) is 5.75 Å². The summed E-state index contributed by atoms with van der Waals surface area (Å²) < 4.78 is 18.7. The quantitative estimate of drug-likeness (QED) is 0.395. The van der Waals surface area contributed by atoms with Gasteiger partial charge in [-0.15, -0.1) is 0 Å². The molecule has 4 rings (SSSR count). The number of hydrogen-bond acceptors (Lipinski definition) is 4. The van der Waals surface area contributed by atoms with E-state index in [9.17, 15) is 0 Å². The molecule has 0 aliphatic rings. The second-order valence-corrected chi connectivity index (χ2v) is 7.33. The number of imidazole rings is 1. The van der Waals surface area contributed by atoms with Gasteiger partial charge in [-0.2, -0.15) is 0 Å². The van der Waals surface area contributed by atoms with Crippen LogP contribution in [0.2, 0.25) is 0 Å². The van der Waals surface area contributed by atoms with Crippen molar-refractivity contribution in [2.75, 3.05) is 21.3 Å². The Bertz CT molecular complexity index is 1200. The van der Waals surface area contributed by atoms with Gasteiger partial charge in [-0.05, 0) is 54.0 Å². The van der Waals surface area contributed by atoms with Crippen molar-refractivity contribution in [3.63, 3.8) is 0 Å². The fourth-order valence-electron chi connectivity index (χ4n) is 3.70. The first kappa shape index (κ1) is 20.5. The van der Waals surface area contributed by atoms with E-state index >= 15 is 0 Å². The van der Waals surface area contributed by atoms with Gasteiger partial charge in [0.15, 0.2) is 11.5 Å².